The van der Waals surface area contributed by atoms with Gasteiger partial charge in [0.2, 0.25) is 11.2 Å². The van der Waals surface area contributed by atoms with Crippen LogP contribution in [0.4, 0.5) is 0 Å². The van der Waals surface area contributed by atoms with Gasteiger partial charge in [-0.1, -0.05) is 56.7 Å². The Hall–Kier alpha value is -3.86. The lowest BCUT2D eigenvalue weighted by Gasteiger charge is -2.19. The molecule has 0 spiro atoms. The zero-order valence-corrected chi connectivity index (χ0v) is 18.5. The Kier molecular flexibility index (Phi) is 5.57. The van der Waals surface area contributed by atoms with E-state index in [0.717, 1.165) is 11.1 Å². The summed E-state index contributed by atoms with van der Waals surface area (Å²) in [6, 6.07) is 16.5. The second-order valence-corrected chi connectivity index (χ2v) is 8.69. The van der Waals surface area contributed by atoms with Crippen LogP contribution in [0.3, 0.4) is 0 Å². The van der Waals surface area contributed by atoms with Crippen LogP contribution < -0.4 is 10.2 Å². The molecule has 162 valence electrons. The molecule has 0 fully saturated rings. The molecule has 0 aliphatic rings. The van der Waals surface area contributed by atoms with E-state index >= 15 is 0 Å². The van der Waals surface area contributed by atoms with Gasteiger partial charge in [0, 0.05) is 11.6 Å². The van der Waals surface area contributed by atoms with Gasteiger partial charge in [0.25, 0.3) is 0 Å². The number of rotatable bonds is 4. The lowest BCUT2D eigenvalue weighted by Crippen LogP contribution is -2.14. The molecule has 32 heavy (non-hydrogen) atoms. The summed E-state index contributed by atoms with van der Waals surface area (Å²) in [4.78, 5) is 25.8. The molecule has 0 bridgehead atoms. The van der Waals surface area contributed by atoms with E-state index in [2.05, 4.69) is 20.8 Å². The van der Waals surface area contributed by atoms with Crippen molar-refractivity contribution < 1.29 is 18.4 Å². The molecule has 5 nitrogen and oxygen atoms in total. The van der Waals surface area contributed by atoms with Crippen LogP contribution in [0.5, 0.6) is 5.75 Å². The molecule has 0 aliphatic carbocycles. The quantitative estimate of drug-likeness (QED) is 0.283. The average Bonchev–Trinajstić information content (AvgIpc) is 3.28. The maximum atomic E-state index is 13.3. The third-order valence-electron chi connectivity index (χ3n) is 5.15. The van der Waals surface area contributed by atoms with E-state index in [1.807, 2.05) is 37.3 Å². The van der Waals surface area contributed by atoms with Crippen LogP contribution in [0.2, 0.25) is 0 Å². The molecule has 0 amide bonds. The van der Waals surface area contributed by atoms with Gasteiger partial charge in [-0.25, -0.2) is 4.79 Å². The van der Waals surface area contributed by atoms with Crippen molar-refractivity contribution >= 4 is 23.0 Å². The smallest absolute Gasteiger partial charge is 0.336 e. The molecule has 5 heteroatoms. The molecule has 0 saturated heterocycles. The number of furan rings is 1. The summed E-state index contributed by atoms with van der Waals surface area (Å²) in [7, 11) is 0. The monoisotopic (exact) mass is 428 g/mol. The number of benzene rings is 2. The van der Waals surface area contributed by atoms with Crippen LogP contribution in [0, 0.1) is 6.92 Å². The maximum Gasteiger partial charge on any atom is 0.336 e. The van der Waals surface area contributed by atoms with Crippen molar-refractivity contribution in [3.8, 4) is 17.1 Å². The van der Waals surface area contributed by atoms with Gasteiger partial charge in [0.1, 0.15) is 11.3 Å². The van der Waals surface area contributed by atoms with Crippen molar-refractivity contribution in [2.45, 2.75) is 33.1 Å². The first-order valence-corrected chi connectivity index (χ1v) is 10.3. The first-order valence-electron chi connectivity index (χ1n) is 10.3. The summed E-state index contributed by atoms with van der Waals surface area (Å²) >= 11 is 0. The zero-order valence-electron chi connectivity index (χ0n) is 18.5. The fourth-order valence-electron chi connectivity index (χ4n) is 3.37. The number of ether oxygens (including phenoxy) is 1. The summed E-state index contributed by atoms with van der Waals surface area (Å²) in [6.07, 6.45) is 4.20. The number of hydrogen-bond donors (Lipinski definition) is 0. The van der Waals surface area contributed by atoms with E-state index in [-0.39, 0.29) is 16.9 Å². The van der Waals surface area contributed by atoms with Crippen LogP contribution in [-0.4, -0.2) is 5.97 Å². The Bertz CT molecular complexity index is 1350. The number of fused-ring (bicyclic) bond motifs is 1. The summed E-state index contributed by atoms with van der Waals surface area (Å²) in [5, 5.41) is 0.359. The Morgan fingerprint density at radius 2 is 1.78 bits per heavy atom. The molecule has 2 aromatic carbocycles. The SMILES string of the molecule is Cc1ccc2oc(-c3ccc(C(C)(C)C)cc3)c(OC(=O)C=Cc3ccco3)c(=O)c2c1. The highest BCUT2D eigenvalue weighted by Gasteiger charge is 2.21. The van der Waals surface area contributed by atoms with Gasteiger partial charge < -0.3 is 13.6 Å². The van der Waals surface area contributed by atoms with Crippen LogP contribution in [0.1, 0.15) is 37.7 Å². The van der Waals surface area contributed by atoms with E-state index in [9.17, 15) is 9.59 Å². The van der Waals surface area contributed by atoms with Gasteiger partial charge in [0.15, 0.2) is 5.76 Å². The highest BCUT2D eigenvalue weighted by atomic mass is 16.5. The Morgan fingerprint density at radius 3 is 2.44 bits per heavy atom. The van der Waals surface area contributed by atoms with E-state index in [1.54, 1.807) is 24.3 Å². The van der Waals surface area contributed by atoms with Gasteiger partial charge in [-0.05, 0) is 48.2 Å². The summed E-state index contributed by atoms with van der Waals surface area (Å²) in [5.74, 6) is -0.123. The number of esters is 1. The minimum absolute atomic E-state index is 0.0216. The largest absolute Gasteiger partial charge is 0.465 e. The second-order valence-electron chi connectivity index (χ2n) is 8.69. The van der Waals surface area contributed by atoms with Crippen LogP contribution in [0.15, 0.2) is 80.6 Å². The van der Waals surface area contributed by atoms with Crippen molar-refractivity contribution in [3.63, 3.8) is 0 Å². The van der Waals surface area contributed by atoms with E-state index < -0.39 is 11.4 Å². The Balaban J connectivity index is 1.81. The lowest BCUT2D eigenvalue weighted by molar-refractivity contribution is -0.129. The number of hydrogen-bond acceptors (Lipinski definition) is 5. The predicted octanol–water partition coefficient (Wildman–Crippen LogP) is 6.28. The first kappa shape index (κ1) is 21.4. The third-order valence-corrected chi connectivity index (χ3v) is 5.15. The molecule has 0 saturated carbocycles. The Labute approximate surface area is 185 Å². The number of carbonyl (C=O) groups is 1. The van der Waals surface area contributed by atoms with Crippen molar-refractivity contribution in [2.24, 2.45) is 0 Å². The predicted molar refractivity (Wildman–Crippen MR) is 125 cm³/mol. The molecule has 4 aromatic rings. The standard InChI is InChI=1S/C27H24O5/c1-17-7-13-22-21(16-17)24(29)26(32-23(28)14-12-20-6-5-15-30-20)25(31-22)18-8-10-19(11-9-18)27(2,3)4/h5-16H,1-4H3. The fourth-order valence-corrected chi connectivity index (χ4v) is 3.37. The van der Waals surface area contributed by atoms with Crippen molar-refractivity contribution in [1.29, 1.82) is 0 Å². The molecule has 0 atom stereocenters. The molecule has 0 N–H and O–H groups in total. The van der Waals surface area contributed by atoms with E-state index in [1.165, 1.54) is 18.4 Å². The average molecular weight is 428 g/mol. The highest BCUT2D eigenvalue weighted by molar-refractivity contribution is 5.90. The number of carbonyl (C=O) groups excluding carboxylic acids is 1. The van der Waals surface area contributed by atoms with E-state index in [0.29, 0.717) is 22.3 Å². The molecule has 0 aliphatic heterocycles. The molecule has 0 radical (unpaired) electrons. The maximum absolute atomic E-state index is 13.3. The van der Waals surface area contributed by atoms with Crippen LogP contribution >= 0.6 is 0 Å². The lowest BCUT2D eigenvalue weighted by atomic mass is 9.86. The Morgan fingerprint density at radius 1 is 1.03 bits per heavy atom. The molecule has 2 heterocycles. The normalized spacial score (nSPS) is 11.9. The summed E-state index contributed by atoms with van der Waals surface area (Å²) < 4.78 is 16.8. The van der Waals surface area contributed by atoms with Gasteiger partial charge in [-0.15, -0.1) is 0 Å². The van der Waals surface area contributed by atoms with Crippen molar-refractivity contribution in [3.05, 3.63) is 94.0 Å². The number of aryl methyl sites for hydroxylation is 1. The molecule has 0 unspecified atom stereocenters. The van der Waals surface area contributed by atoms with Crippen LogP contribution in [0.25, 0.3) is 28.4 Å². The second kappa shape index (κ2) is 8.35. The zero-order chi connectivity index (χ0) is 22.9. The van der Waals surface area contributed by atoms with Gasteiger partial charge in [0.05, 0.1) is 11.6 Å². The summed E-state index contributed by atoms with van der Waals surface area (Å²) in [5.41, 5.74) is 2.70. The van der Waals surface area contributed by atoms with Crippen molar-refractivity contribution in [1.82, 2.24) is 0 Å². The molecule has 4 rings (SSSR count). The minimum atomic E-state index is -0.701. The van der Waals surface area contributed by atoms with Gasteiger partial charge in [-0.3, -0.25) is 4.79 Å². The first-order chi connectivity index (χ1) is 15.2. The van der Waals surface area contributed by atoms with Gasteiger partial charge >= 0.3 is 5.97 Å². The molecular weight excluding hydrogens is 404 g/mol. The fraction of sp³-hybridized carbons (Fsp3) is 0.185. The molecule has 2 aromatic heterocycles. The van der Waals surface area contributed by atoms with Gasteiger partial charge in [-0.2, -0.15) is 0 Å². The van der Waals surface area contributed by atoms with Crippen LogP contribution in [-0.2, 0) is 10.2 Å². The highest BCUT2D eigenvalue weighted by Crippen LogP contribution is 2.33. The van der Waals surface area contributed by atoms with Crippen molar-refractivity contribution in [2.75, 3.05) is 0 Å². The molecular formula is C27H24O5. The summed E-state index contributed by atoms with van der Waals surface area (Å²) in [6.45, 7) is 8.26. The topological polar surface area (TPSA) is 69.7 Å². The third kappa shape index (κ3) is 4.42. The minimum Gasteiger partial charge on any atom is -0.465 e. The van der Waals surface area contributed by atoms with E-state index in [4.69, 9.17) is 13.6 Å².